The molecule has 3 nitrogen and oxygen atoms in total. The van der Waals surface area contributed by atoms with Gasteiger partial charge in [-0.2, -0.15) is 0 Å². The zero-order valence-corrected chi connectivity index (χ0v) is 12.3. The van der Waals surface area contributed by atoms with Crippen LogP contribution >= 0.6 is 0 Å². The molecule has 0 aliphatic rings. The monoisotopic (exact) mass is 283 g/mol. The van der Waals surface area contributed by atoms with Gasteiger partial charge in [0.15, 0.2) is 0 Å². The normalized spacial score (nSPS) is 11.9. The first-order chi connectivity index (χ1) is 10.2. The summed E-state index contributed by atoms with van der Waals surface area (Å²) >= 11 is 0. The summed E-state index contributed by atoms with van der Waals surface area (Å²) in [6, 6.07) is 18.6. The molecule has 0 aliphatic carbocycles. The maximum Gasteiger partial charge on any atom is 0.306 e. The zero-order valence-electron chi connectivity index (χ0n) is 12.3. The van der Waals surface area contributed by atoms with Crippen LogP contribution in [-0.2, 0) is 4.79 Å². The third kappa shape index (κ3) is 4.63. The van der Waals surface area contributed by atoms with Crippen LogP contribution in [0.4, 0.5) is 5.69 Å². The largest absolute Gasteiger partial charge is 0.481 e. The molecule has 1 atom stereocenters. The second kappa shape index (κ2) is 7.48. The fourth-order valence-electron chi connectivity index (χ4n) is 2.18. The number of carbonyl (C=O) groups is 1. The second-order valence-electron chi connectivity index (χ2n) is 5.25. The number of hydrogen-bond donors (Lipinski definition) is 2. The summed E-state index contributed by atoms with van der Waals surface area (Å²) < 4.78 is 0. The van der Waals surface area contributed by atoms with Crippen LogP contribution in [-0.4, -0.2) is 17.6 Å². The van der Waals surface area contributed by atoms with E-state index in [1.165, 1.54) is 11.1 Å². The molecule has 0 radical (unpaired) electrons. The molecule has 0 aliphatic heterocycles. The van der Waals surface area contributed by atoms with Crippen LogP contribution in [0, 0.1) is 5.92 Å². The minimum absolute atomic E-state index is 0.271. The molecule has 0 amide bonds. The van der Waals surface area contributed by atoms with Crippen LogP contribution in [0.5, 0.6) is 0 Å². The Morgan fingerprint density at radius 2 is 1.67 bits per heavy atom. The molecule has 2 aromatic carbocycles. The van der Waals surface area contributed by atoms with E-state index in [0.29, 0.717) is 6.42 Å². The first-order valence-electron chi connectivity index (χ1n) is 7.29. The van der Waals surface area contributed by atoms with Crippen LogP contribution in [0.3, 0.4) is 0 Å². The molecule has 2 N–H and O–H groups in total. The highest BCUT2D eigenvalue weighted by Crippen LogP contribution is 2.21. The van der Waals surface area contributed by atoms with Gasteiger partial charge in [0.2, 0.25) is 0 Å². The number of aliphatic carboxylic acids is 1. The number of carboxylic acid groups (broad SMARTS) is 1. The van der Waals surface area contributed by atoms with E-state index in [9.17, 15) is 4.79 Å². The number of carboxylic acids is 1. The molecule has 0 spiro atoms. The SMILES string of the molecule is CC(CCCNc1ccc(-c2ccccc2)cc1)C(=O)O. The molecule has 0 saturated heterocycles. The maximum atomic E-state index is 10.7. The number of rotatable bonds is 7. The Balaban J connectivity index is 1.82. The van der Waals surface area contributed by atoms with Crippen LogP contribution in [0.1, 0.15) is 19.8 Å². The van der Waals surface area contributed by atoms with Gasteiger partial charge < -0.3 is 10.4 Å². The van der Waals surface area contributed by atoms with Crippen LogP contribution < -0.4 is 5.32 Å². The average molecular weight is 283 g/mol. The fourth-order valence-corrected chi connectivity index (χ4v) is 2.18. The highest BCUT2D eigenvalue weighted by Gasteiger charge is 2.09. The number of hydrogen-bond acceptors (Lipinski definition) is 2. The summed E-state index contributed by atoms with van der Waals surface area (Å²) in [5.74, 6) is -0.991. The molecule has 0 aromatic heterocycles. The lowest BCUT2D eigenvalue weighted by atomic mass is 10.1. The Labute approximate surface area is 125 Å². The minimum Gasteiger partial charge on any atom is -0.481 e. The maximum absolute atomic E-state index is 10.7. The quantitative estimate of drug-likeness (QED) is 0.746. The van der Waals surface area contributed by atoms with Gasteiger partial charge >= 0.3 is 5.97 Å². The lowest BCUT2D eigenvalue weighted by Crippen LogP contribution is -2.11. The Morgan fingerprint density at radius 3 is 2.29 bits per heavy atom. The van der Waals surface area contributed by atoms with E-state index in [4.69, 9.17) is 5.11 Å². The van der Waals surface area contributed by atoms with Crippen molar-refractivity contribution >= 4 is 11.7 Å². The summed E-state index contributed by atoms with van der Waals surface area (Å²) in [7, 11) is 0. The van der Waals surface area contributed by atoms with Crippen molar-refractivity contribution in [1.82, 2.24) is 0 Å². The van der Waals surface area contributed by atoms with E-state index in [2.05, 4.69) is 41.7 Å². The summed E-state index contributed by atoms with van der Waals surface area (Å²) in [6.45, 7) is 2.54. The molecule has 1 unspecified atom stereocenters. The molecule has 2 aromatic rings. The van der Waals surface area contributed by atoms with Gasteiger partial charge in [-0.05, 0) is 36.1 Å². The summed E-state index contributed by atoms with van der Waals surface area (Å²) in [5, 5.41) is 12.1. The molecule has 21 heavy (non-hydrogen) atoms. The number of anilines is 1. The molecule has 0 heterocycles. The molecule has 3 heteroatoms. The fraction of sp³-hybridized carbons (Fsp3) is 0.278. The van der Waals surface area contributed by atoms with Gasteiger partial charge in [-0.3, -0.25) is 4.79 Å². The predicted octanol–water partition coefficient (Wildman–Crippen LogP) is 4.27. The molecule has 2 rings (SSSR count). The van der Waals surface area contributed by atoms with Crippen molar-refractivity contribution in [2.75, 3.05) is 11.9 Å². The van der Waals surface area contributed by atoms with Crippen LogP contribution in [0.2, 0.25) is 0 Å². The second-order valence-corrected chi connectivity index (χ2v) is 5.25. The third-order valence-electron chi connectivity index (χ3n) is 3.56. The lowest BCUT2D eigenvalue weighted by molar-refractivity contribution is -0.141. The van der Waals surface area contributed by atoms with Crippen molar-refractivity contribution in [3.63, 3.8) is 0 Å². The minimum atomic E-state index is -0.720. The molecule has 0 saturated carbocycles. The molecular formula is C18H21NO2. The highest BCUT2D eigenvalue weighted by atomic mass is 16.4. The summed E-state index contributed by atoms with van der Waals surface area (Å²) in [6.07, 6.45) is 1.55. The molecule has 0 bridgehead atoms. The van der Waals surface area contributed by atoms with E-state index >= 15 is 0 Å². The Bertz CT molecular complexity index is 564. The van der Waals surface area contributed by atoms with E-state index < -0.39 is 5.97 Å². The van der Waals surface area contributed by atoms with Crippen molar-refractivity contribution in [3.05, 3.63) is 54.6 Å². The van der Waals surface area contributed by atoms with E-state index in [-0.39, 0.29) is 5.92 Å². The van der Waals surface area contributed by atoms with Crippen molar-refractivity contribution in [1.29, 1.82) is 0 Å². The predicted molar refractivity (Wildman–Crippen MR) is 86.4 cm³/mol. The lowest BCUT2D eigenvalue weighted by Gasteiger charge is -2.09. The van der Waals surface area contributed by atoms with Crippen molar-refractivity contribution in [2.45, 2.75) is 19.8 Å². The Hall–Kier alpha value is -2.29. The summed E-state index contributed by atoms with van der Waals surface area (Å²) in [4.78, 5) is 10.7. The highest BCUT2D eigenvalue weighted by molar-refractivity contribution is 5.69. The van der Waals surface area contributed by atoms with Gasteiger partial charge in [0.25, 0.3) is 0 Å². The zero-order chi connectivity index (χ0) is 15.1. The van der Waals surface area contributed by atoms with Crippen LogP contribution in [0.15, 0.2) is 54.6 Å². The topological polar surface area (TPSA) is 49.3 Å². The van der Waals surface area contributed by atoms with E-state index in [1.54, 1.807) is 6.92 Å². The van der Waals surface area contributed by atoms with Crippen LogP contribution in [0.25, 0.3) is 11.1 Å². The Morgan fingerprint density at radius 1 is 1.05 bits per heavy atom. The molecule has 0 fully saturated rings. The number of benzene rings is 2. The third-order valence-corrected chi connectivity index (χ3v) is 3.56. The smallest absolute Gasteiger partial charge is 0.306 e. The number of nitrogens with one attached hydrogen (secondary N) is 1. The van der Waals surface area contributed by atoms with Gasteiger partial charge in [-0.1, -0.05) is 49.4 Å². The van der Waals surface area contributed by atoms with Gasteiger partial charge in [0.1, 0.15) is 0 Å². The first-order valence-corrected chi connectivity index (χ1v) is 7.29. The van der Waals surface area contributed by atoms with Crippen molar-refractivity contribution in [2.24, 2.45) is 5.92 Å². The standard InChI is InChI=1S/C18H21NO2/c1-14(18(20)21)6-5-13-19-17-11-9-16(10-12-17)15-7-3-2-4-8-15/h2-4,7-12,14,19H,5-6,13H2,1H3,(H,20,21). The molecule has 110 valence electrons. The van der Waals surface area contributed by atoms with Gasteiger partial charge in [-0.25, -0.2) is 0 Å². The Kier molecular flexibility index (Phi) is 5.38. The first kappa shape index (κ1) is 15.1. The molecular weight excluding hydrogens is 262 g/mol. The van der Waals surface area contributed by atoms with Crippen molar-refractivity contribution < 1.29 is 9.90 Å². The van der Waals surface area contributed by atoms with E-state index in [0.717, 1.165) is 18.7 Å². The average Bonchev–Trinajstić information content (AvgIpc) is 2.52. The van der Waals surface area contributed by atoms with E-state index in [1.807, 2.05) is 18.2 Å². The summed E-state index contributed by atoms with van der Waals surface area (Å²) in [5.41, 5.74) is 3.47. The van der Waals surface area contributed by atoms with Gasteiger partial charge in [0.05, 0.1) is 5.92 Å². The van der Waals surface area contributed by atoms with Crippen molar-refractivity contribution in [3.8, 4) is 11.1 Å². The van der Waals surface area contributed by atoms with Gasteiger partial charge in [0, 0.05) is 12.2 Å². The van der Waals surface area contributed by atoms with Gasteiger partial charge in [-0.15, -0.1) is 0 Å².